The summed E-state index contributed by atoms with van der Waals surface area (Å²) in [5.74, 6) is 0.382. The monoisotopic (exact) mass is 395 g/mol. The van der Waals surface area contributed by atoms with Gasteiger partial charge < -0.3 is 14.8 Å². The molecule has 150 valence electrons. The molecule has 2 atom stereocenters. The Labute approximate surface area is 168 Å². The summed E-state index contributed by atoms with van der Waals surface area (Å²) in [6.07, 6.45) is 1.10. The second-order valence-electron chi connectivity index (χ2n) is 7.39. The molecule has 5 nitrogen and oxygen atoms in total. The zero-order valence-electron chi connectivity index (χ0n) is 16.3. The van der Waals surface area contributed by atoms with Gasteiger partial charge in [0.1, 0.15) is 5.82 Å². The van der Waals surface area contributed by atoms with E-state index in [9.17, 15) is 14.0 Å². The van der Waals surface area contributed by atoms with Crippen LogP contribution in [0.2, 0.25) is 0 Å². The number of benzene rings is 2. The number of hydrogen-bond acceptors (Lipinski definition) is 4. The Kier molecular flexibility index (Phi) is 5.09. The number of ether oxygens (including phenoxy) is 2. The highest BCUT2D eigenvalue weighted by atomic mass is 19.1. The van der Waals surface area contributed by atoms with Gasteiger partial charge in [0.2, 0.25) is 5.91 Å². The van der Waals surface area contributed by atoms with E-state index in [-0.39, 0.29) is 35.8 Å². The molecular weight excluding hydrogens is 373 g/mol. The zero-order chi connectivity index (χ0) is 20.5. The molecule has 0 aromatic heterocycles. The molecule has 1 aliphatic carbocycles. The zero-order valence-corrected chi connectivity index (χ0v) is 16.3. The topological polar surface area (TPSA) is 64.6 Å². The van der Waals surface area contributed by atoms with Crippen LogP contribution in [0.5, 0.6) is 11.5 Å². The van der Waals surface area contributed by atoms with E-state index < -0.39 is 0 Å². The van der Waals surface area contributed by atoms with Crippen molar-refractivity contribution in [3.05, 3.63) is 70.7 Å². The smallest absolute Gasteiger partial charge is 0.225 e. The molecule has 1 N–H and O–H groups in total. The van der Waals surface area contributed by atoms with Crippen LogP contribution in [-0.2, 0) is 9.59 Å². The van der Waals surface area contributed by atoms with Crippen LogP contribution in [0.3, 0.4) is 0 Å². The number of amides is 1. The summed E-state index contributed by atoms with van der Waals surface area (Å²) in [5.41, 5.74) is 3.06. The fourth-order valence-electron chi connectivity index (χ4n) is 4.28. The lowest BCUT2D eigenvalue weighted by Gasteiger charge is -2.34. The van der Waals surface area contributed by atoms with Crippen molar-refractivity contribution in [1.82, 2.24) is 5.32 Å². The Morgan fingerprint density at radius 2 is 1.59 bits per heavy atom. The number of ketones is 1. The molecule has 0 bridgehead atoms. The summed E-state index contributed by atoms with van der Waals surface area (Å²) < 4.78 is 24.0. The van der Waals surface area contributed by atoms with Gasteiger partial charge in [-0.3, -0.25) is 9.59 Å². The predicted octanol–water partition coefficient (Wildman–Crippen LogP) is 3.85. The summed E-state index contributed by atoms with van der Waals surface area (Å²) in [6.45, 7) is 0. The van der Waals surface area contributed by atoms with Gasteiger partial charge in [0, 0.05) is 30.0 Å². The highest BCUT2D eigenvalue weighted by molar-refractivity contribution is 6.02. The van der Waals surface area contributed by atoms with Crippen LogP contribution >= 0.6 is 0 Å². The molecule has 0 fully saturated rings. The maximum absolute atomic E-state index is 13.3. The Morgan fingerprint density at radius 3 is 2.28 bits per heavy atom. The number of methoxy groups -OCH3 is 2. The van der Waals surface area contributed by atoms with Gasteiger partial charge in [0.05, 0.1) is 14.2 Å². The van der Waals surface area contributed by atoms with Gasteiger partial charge in [-0.2, -0.15) is 0 Å². The maximum atomic E-state index is 13.3. The molecule has 0 saturated carbocycles. The number of carbonyl (C=O) groups excluding carboxylic acids is 2. The van der Waals surface area contributed by atoms with Crippen LogP contribution in [0.4, 0.5) is 4.39 Å². The van der Waals surface area contributed by atoms with Crippen molar-refractivity contribution >= 4 is 11.7 Å². The molecule has 2 aromatic carbocycles. The van der Waals surface area contributed by atoms with Crippen molar-refractivity contribution in [3.63, 3.8) is 0 Å². The molecule has 0 saturated heterocycles. The van der Waals surface area contributed by atoms with Gasteiger partial charge in [-0.15, -0.1) is 0 Å². The van der Waals surface area contributed by atoms with Gasteiger partial charge in [0.25, 0.3) is 0 Å². The fourth-order valence-corrected chi connectivity index (χ4v) is 4.28. The van der Waals surface area contributed by atoms with Crippen molar-refractivity contribution in [2.45, 2.75) is 31.1 Å². The molecule has 0 radical (unpaired) electrons. The minimum absolute atomic E-state index is 0.0142. The van der Waals surface area contributed by atoms with E-state index >= 15 is 0 Å². The summed E-state index contributed by atoms with van der Waals surface area (Å²) >= 11 is 0. The Hall–Kier alpha value is -3.15. The van der Waals surface area contributed by atoms with Gasteiger partial charge in [-0.05, 0) is 47.7 Å². The lowest BCUT2D eigenvalue weighted by molar-refractivity contribution is -0.122. The van der Waals surface area contributed by atoms with Crippen molar-refractivity contribution in [3.8, 4) is 11.5 Å². The van der Waals surface area contributed by atoms with Crippen LogP contribution in [0.25, 0.3) is 0 Å². The average Bonchev–Trinajstić information content (AvgIpc) is 2.72. The van der Waals surface area contributed by atoms with Crippen LogP contribution in [0.1, 0.15) is 42.2 Å². The van der Waals surface area contributed by atoms with E-state index in [1.54, 1.807) is 26.4 Å². The standard InChI is InChI=1S/C23H22FNO4/c1-28-20-8-5-14(11-21(20)29-2)15-9-18-23(19(26)10-15)17(12-22(27)25-18)13-3-6-16(24)7-4-13/h3-8,11,15,17H,9-10,12H2,1-2H3,(H,25,27)/t15-,17-/m0/s1. The molecule has 1 heterocycles. The van der Waals surface area contributed by atoms with Crippen molar-refractivity contribution in [2.24, 2.45) is 0 Å². The van der Waals surface area contributed by atoms with Crippen LogP contribution in [-0.4, -0.2) is 25.9 Å². The van der Waals surface area contributed by atoms with Crippen molar-refractivity contribution in [1.29, 1.82) is 0 Å². The minimum atomic E-state index is -0.341. The molecule has 1 amide bonds. The molecule has 0 spiro atoms. The molecule has 2 aromatic rings. The number of Topliss-reactive ketones (excluding diaryl/α,β-unsaturated/α-hetero) is 1. The molecule has 0 unspecified atom stereocenters. The highest BCUT2D eigenvalue weighted by Crippen LogP contribution is 2.43. The molecule has 1 aliphatic heterocycles. The lowest BCUT2D eigenvalue weighted by atomic mass is 9.73. The third-order valence-corrected chi connectivity index (χ3v) is 5.69. The van der Waals surface area contributed by atoms with E-state index in [0.29, 0.717) is 35.6 Å². The maximum Gasteiger partial charge on any atom is 0.225 e. The van der Waals surface area contributed by atoms with Crippen molar-refractivity contribution < 1.29 is 23.5 Å². The summed E-state index contributed by atoms with van der Waals surface area (Å²) in [6, 6.07) is 11.7. The quantitative estimate of drug-likeness (QED) is 0.854. The molecule has 4 rings (SSSR count). The number of allylic oxidation sites excluding steroid dienone is 2. The normalized spacial score (nSPS) is 21.5. The van der Waals surface area contributed by atoms with Gasteiger partial charge >= 0.3 is 0 Å². The second kappa shape index (κ2) is 7.70. The predicted molar refractivity (Wildman–Crippen MR) is 105 cm³/mol. The summed E-state index contributed by atoms with van der Waals surface area (Å²) in [7, 11) is 3.15. The summed E-state index contributed by atoms with van der Waals surface area (Å²) in [5, 5.41) is 2.90. The van der Waals surface area contributed by atoms with Crippen LogP contribution in [0, 0.1) is 5.82 Å². The Balaban J connectivity index is 1.68. The van der Waals surface area contributed by atoms with E-state index in [2.05, 4.69) is 5.32 Å². The number of halogens is 1. The number of nitrogens with one attached hydrogen (secondary N) is 1. The van der Waals surface area contributed by atoms with Crippen molar-refractivity contribution in [2.75, 3.05) is 14.2 Å². The number of hydrogen-bond donors (Lipinski definition) is 1. The molecule has 29 heavy (non-hydrogen) atoms. The van der Waals surface area contributed by atoms with E-state index in [0.717, 1.165) is 11.1 Å². The third-order valence-electron chi connectivity index (χ3n) is 5.69. The molecule has 2 aliphatic rings. The molecular formula is C23H22FNO4. The molecule has 6 heteroatoms. The van der Waals surface area contributed by atoms with E-state index in [1.165, 1.54) is 12.1 Å². The first kappa shape index (κ1) is 19.2. The van der Waals surface area contributed by atoms with Crippen LogP contribution < -0.4 is 14.8 Å². The van der Waals surface area contributed by atoms with E-state index in [4.69, 9.17) is 9.47 Å². The average molecular weight is 395 g/mol. The second-order valence-corrected chi connectivity index (χ2v) is 7.39. The SMILES string of the molecule is COc1ccc([C@@H]2CC(=O)C3=C(C2)NC(=O)C[C@H]3c2ccc(F)cc2)cc1OC. The third kappa shape index (κ3) is 3.62. The van der Waals surface area contributed by atoms with Gasteiger partial charge in [-0.25, -0.2) is 4.39 Å². The van der Waals surface area contributed by atoms with Gasteiger partial charge in [-0.1, -0.05) is 18.2 Å². The Bertz CT molecular complexity index is 996. The number of rotatable bonds is 4. The fraction of sp³-hybridized carbons (Fsp3) is 0.304. The minimum Gasteiger partial charge on any atom is -0.493 e. The van der Waals surface area contributed by atoms with E-state index in [1.807, 2.05) is 18.2 Å². The first-order chi connectivity index (χ1) is 14.0. The first-order valence-corrected chi connectivity index (χ1v) is 9.53. The number of carbonyl (C=O) groups is 2. The first-order valence-electron chi connectivity index (χ1n) is 9.53. The van der Waals surface area contributed by atoms with Crippen LogP contribution in [0.15, 0.2) is 53.7 Å². The lowest BCUT2D eigenvalue weighted by Crippen LogP contribution is -2.38. The Morgan fingerprint density at radius 1 is 0.897 bits per heavy atom. The highest BCUT2D eigenvalue weighted by Gasteiger charge is 2.38. The summed E-state index contributed by atoms with van der Waals surface area (Å²) in [4.78, 5) is 25.4. The largest absolute Gasteiger partial charge is 0.493 e. The van der Waals surface area contributed by atoms with Gasteiger partial charge in [0.15, 0.2) is 17.3 Å².